The quantitative estimate of drug-likeness (QED) is 0.519. The number of esters is 1. The number of aromatic nitrogens is 3. The molecule has 3 aromatic heterocycles. The Labute approximate surface area is 150 Å². The van der Waals surface area contributed by atoms with Gasteiger partial charge in [-0.05, 0) is 32.0 Å². The lowest BCUT2D eigenvalue weighted by molar-refractivity contribution is 0.0531. The van der Waals surface area contributed by atoms with Crippen molar-refractivity contribution in [3.8, 4) is 11.6 Å². The molecule has 0 spiro atoms. The Hall–Kier alpha value is -3.41. The first-order valence-electron chi connectivity index (χ1n) is 8.34. The van der Waals surface area contributed by atoms with Gasteiger partial charge in [0.2, 0.25) is 5.88 Å². The van der Waals surface area contributed by atoms with E-state index in [-0.39, 0.29) is 5.97 Å². The van der Waals surface area contributed by atoms with Crippen molar-refractivity contribution < 1.29 is 14.3 Å². The molecule has 0 bridgehead atoms. The zero-order valence-corrected chi connectivity index (χ0v) is 14.5. The third kappa shape index (κ3) is 2.75. The second kappa shape index (κ2) is 6.48. The molecule has 0 aliphatic rings. The van der Waals surface area contributed by atoms with Crippen LogP contribution >= 0.6 is 0 Å². The average molecular weight is 347 g/mol. The molecule has 0 saturated carbocycles. The maximum Gasteiger partial charge on any atom is 0.340 e. The number of nitrogens with zero attached hydrogens (tertiary/aromatic N) is 3. The van der Waals surface area contributed by atoms with E-state index in [9.17, 15) is 4.79 Å². The normalized spacial score (nSPS) is 11.0. The highest BCUT2D eigenvalue weighted by atomic mass is 16.5. The fraction of sp³-hybridized carbons (Fsp3) is 0.150. The molecule has 0 radical (unpaired) electrons. The van der Waals surface area contributed by atoms with E-state index in [1.807, 2.05) is 53.9 Å². The van der Waals surface area contributed by atoms with Gasteiger partial charge in [0.05, 0.1) is 29.4 Å². The Balaban J connectivity index is 1.86. The third-order valence-electron chi connectivity index (χ3n) is 4.09. The molecule has 0 atom stereocenters. The summed E-state index contributed by atoms with van der Waals surface area (Å²) in [7, 11) is 0. The number of benzene rings is 1. The topological polar surface area (TPSA) is 65.7 Å². The molecular weight excluding hydrogens is 330 g/mol. The number of pyridine rings is 1. The fourth-order valence-electron chi connectivity index (χ4n) is 3.00. The number of para-hydroxylation sites is 1. The van der Waals surface area contributed by atoms with Crippen LogP contribution in [0.1, 0.15) is 23.0 Å². The summed E-state index contributed by atoms with van der Waals surface area (Å²) in [5.74, 6) is 0.761. The molecule has 0 amide bonds. The summed E-state index contributed by atoms with van der Waals surface area (Å²) in [6.07, 6.45) is 3.31. The number of fused-ring (bicyclic) bond motifs is 3. The highest BCUT2D eigenvalue weighted by Gasteiger charge is 2.19. The smallest absolute Gasteiger partial charge is 0.340 e. The second-order valence-electron chi connectivity index (χ2n) is 5.83. The van der Waals surface area contributed by atoms with Crippen LogP contribution in [0, 0.1) is 6.92 Å². The van der Waals surface area contributed by atoms with Crippen LogP contribution in [0.25, 0.3) is 16.4 Å². The van der Waals surface area contributed by atoms with Gasteiger partial charge in [0, 0.05) is 17.1 Å². The summed E-state index contributed by atoms with van der Waals surface area (Å²) < 4.78 is 13.0. The summed E-state index contributed by atoms with van der Waals surface area (Å²) in [5, 5.41) is 0.848. The van der Waals surface area contributed by atoms with Gasteiger partial charge in [-0.3, -0.25) is 0 Å². The Morgan fingerprint density at radius 3 is 2.77 bits per heavy atom. The number of carbonyl (C=O) groups excluding carboxylic acids is 1. The first kappa shape index (κ1) is 16.1. The monoisotopic (exact) mass is 347 g/mol. The van der Waals surface area contributed by atoms with Crippen molar-refractivity contribution in [1.29, 1.82) is 0 Å². The number of aryl methyl sites for hydroxylation is 1. The minimum Gasteiger partial charge on any atom is -0.462 e. The van der Waals surface area contributed by atoms with Crippen molar-refractivity contribution in [3.05, 3.63) is 66.2 Å². The first-order chi connectivity index (χ1) is 12.7. The van der Waals surface area contributed by atoms with Gasteiger partial charge in [0.25, 0.3) is 0 Å². The summed E-state index contributed by atoms with van der Waals surface area (Å²) in [4.78, 5) is 20.6. The van der Waals surface area contributed by atoms with Crippen LogP contribution in [0.4, 0.5) is 0 Å². The minimum absolute atomic E-state index is 0.328. The van der Waals surface area contributed by atoms with Crippen molar-refractivity contribution in [2.75, 3.05) is 6.61 Å². The number of hydrogen-bond acceptors (Lipinski definition) is 5. The van der Waals surface area contributed by atoms with E-state index < -0.39 is 0 Å². The lowest BCUT2D eigenvalue weighted by Crippen LogP contribution is -2.04. The molecule has 130 valence electrons. The van der Waals surface area contributed by atoms with Crippen LogP contribution in [0.2, 0.25) is 0 Å². The van der Waals surface area contributed by atoms with Gasteiger partial charge in [-0.1, -0.05) is 18.2 Å². The molecule has 3 heterocycles. The molecule has 0 N–H and O–H groups in total. The number of rotatable bonds is 4. The van der Waals surface area contributed by atoms with E-state index in [0.717, 1.165) is 22.1 Å². The molecule has 1 aromatic carbocycles. The van der Waals surface area contributed by atoms with E-state index in [1.54, 1.807) is 13.0 Å². The molecule has 4 rings (SSSR count). The molecule has 6 nitrogen and oxygen atoms in total. The number of carbonyl (C=O) groups is 1. The maximum absolute atomic E-state index is 12.5. The Morgan fingerprint density at radius 2 is 1.96 bits per heavy atom. The Morgan fingerprint density at radius 1 is 1.12 bits per heavy atom. The van der Waals surface area contributed by atoms with Crippen LogP contribution < -0.4 is 4.74 Å². The SMILES string of the molecule is CCOC(=O)c1c2ccccc2n2cc(Oc3cc(C)ncn3)ccc12. The molecule has 6 heteroatoms. The lowest BCUT2D eigenvalue weighted by Gasteiger charge is -2.07. The molecule has 4 aromatic rings. The van der Waals surface area contributed by atoms with E-state index >= 15 is 0 Å². The maximum atomic E-state index is 12.5. The van der Waals surface area contributed by atoms with E-state index in [1.165, 1.54) is 6.33 Å². The third-order valence-corrected chi connectivity index (χ3v) is 4.09. The van der Waals surface area contributed by atoms with Crippen molar-refractivity contribution in [1.82, 2.24) is 14.4 Å². The van der Waals surface area contributed by atoms with Crippen molar-refractivity contribution in [2.24, 2.45) is 0 Å². The molecule has 0 aliphatic heterocycles. The summed E-state index contributed by atoms with van der Waals surface area (Å²) in [6, 6.07) is 13.2. The number of hydrogen-bond donors (Lipinski definition) is 0. The average Bonchev–Trinajstić information content (AvgIpc) is 2.96. The zero-order valence-electron chi connectivity index (χ0n) is 14.5. The standard InChI is InChI=1S/C20H17N3O3/c1-3-25-20(24)19-15-6-4-5-7-16(15)23-11-14(8-9-17(19)23)26-18-10-13(2)21-12-22-18/h4-12H,3H2,1-2H3. The molecular formula is C20H17N3O3. The summed E-state index contributed by atoms with van der Waals surface area (Å²) in [5.41, 5.74) is 3.07. The van der Waals surface area contributed by atoms with Crippen molar-refractivity contribution in [2.45, 2.75) is 13.8 Å². The van der Waals surface area contributed by atoms with Gasteiger partial charge < -0.3 is 13.9 Å². The predicted octanol–water partition coefficient (Wildman–Crippen LogP) is 4.16. The van der Waals surface area contributed by atoms with Crippen LogP contribution in [0.5, 0.6) is 11.6 Å². The first-order valence-corrected chi connectivity index (χ1v) is 8.34. The van der Waals surface area contributed by atoms with Crippen molar-refractivity contribution in [3.63, 3.8) is 0 Å². The molecule has 0 saturated heterocycles. The van der Waals surface area contributed by atoms with Gasteiger partial charge in [-0.15, -0.1) is 0 Å². The van der Waals surface area contributed by atoms with Crippen LogP contribution in [0.3, 0.4) is 0 Å². The highest BCUT2D eigenvalue weighted by molar-refractivity contribution is 6.11. The van der Waals surface area contributed by atoms with Gasteiger partial charge in [-0.25, -0.2) is 14.8 Å². The van der Waals surface area contributed by atoms with Gasteiger partial charge >= 0.3 is 5.97 Å². The van der Waals surface area contributed by atoms with Crippen LogP contribution in [-0.4, -0.2) is 26.9 Å². The van der Waals surface area contributed by atoms with E-state index in [4.69, 9.17) is 9.47 Å². The number of ether oxygens (including phenoxy) is 2. The molecule has 26 heavy (non-hydrogen) atoms. The lowest BCUT2D eigenvalue weighted by atomic mass is 10.1. The van der Waals surface area contributed by atoms with Gasteiger partial charge in [0.1, 0.15) is 12.1 Å². The molecule has 0 unspecified atom stereocenters. The van der Waals surface area contributed by atoms with E-state index in [0.29, 0.717) is 23.8 Å². The van der Waals surface area contributed by atoms with E-state index in [2.05, 4.69) is 9.97 Å². The fourth-order valence-corrected chi connectivity index (χ4v) is 3.00. The summed E-state index contributed by atoms with van der Waals surface area (Å²) in [6.45, 7) is 4.01. The largest absolute Gasteiger partial charge is 0.462 e. The van der Waals surface area contributed by atoms with Gasteiger partial charge in [-0.2, -0.15) is 0 Å². The second-order valence-corrected chi connectivity index (χ2v) is 5.83. The summed E-state index contributed by atoms with van der Waals surface area (Å²) >= 11 is 0. The highest BCUT2D eigenvalue weighted by Crippen LogP contribution is 2.30. The van der Waals surface area contributed by atoms with Crippen LogP contribution in [0.15, 0.2) is 55.0 Å². The predicted molar refractivity (Wildman–Crippen MR) is 97.7 cm³/mol. The Kier molecular flexibility index (Phi) is 4.01. The molecule has 0 fully saturated rings. The molecule has 0 aliphatic carbocycles. The van der Waals surface area contributed by atoms with Crippen LogP contribution in [-0.2, 0) is 4.74 Å². The Bertz CT molecular complexity index is 1120. The zero-order chi connectivity index (χ0) is 18.1. The van der Waals surface area contributed by atoms with Gasteiger partial charge in [0.15, 0.2) is 0 Å². The minimum atomic E-state index is -0.328. The van der Waals surface area contributed by atoms with Crippen molar-refractivity contribution >= 4 is 22.4 Å².